The maximum atomic E-state index is 11.2. The molecule has 3 N–H and O–H groups in total. The average molecular weight is 246 g/mol. The second-order valence-corrected chi connectivity index (χ2v) is 4.61. The number of likely N-dealkylation sites (tertiary alicyclic amines) is 1. The summed E-state index contributed by atoms with van der Waals surface area (Å²) in [7, 11) is 0. The molecule has 0 aliphatic carbocycles. The van der Waals surface area contributed by atoms with Gasteiger partial charge in [0.15, 0.2) is 0 Å². The highest BCUT2D eigenvalue weighted by atomic mass is 32.2. The summed E-state index contributed by atoms with van der Waals surface area (Å²) in [6.45, 7) is 0.342. The fraction of sp³-hybridized carbons (Fsp3) is 0.667. The summed E-state index contributed by atoms with van der Waals surface area (Å²) in [5.41, 5.74) is 5.30. The van der Waals surface area contributed by atoms with E-state index in [1.54, 1.807) is 0 Å². The maximum absolute atomic E-state index is 11.2. The van der Waals surface area contributed by atoms with Crippen molar-refractivity contribution in [2.45, 2.75) is 18.9 Å². The van der Waals surface area contributed by atoms with Crippen molar-refractivity contribution in [3.8, 4) is 0 Å². The first-order valence-corrected chi connectivity index (χ1v) is 6.07. The molecule has 1 heterocycles. The number of carboxylic acids is 1. The van der Waals surface area contributed by atoms with Gasteiger partial charge in [-0.3, -0.25) is 19.3 Å². The lowest BCUT2D eigenvalue weighted by Crippen LogP contribution is -2.34. The first-order valence-electron chi connectivity index (χ1n) is 4.91. The highest BCUT2D eigenvalue weighted by molar-refractivity contribution is 7.99. The minimum Gasteiger partial charge on any atom is -0.480 e. The number of carboxylic acid groups (broad SMARTS) is 1. The molecule has 16 heavy (non-hydrogen) atoms. The summed E-state index contributed by atoms with van der Waals surface area (Å²) >= 11 is 1.33. The molecule has 0 spiro atoms. The summed E-state index contributed by atoms with van der Waals surface area (Å²) < 4.78 is 0. The number of aliphatic carboxylic acids is 1. The van der Waals surface area contributed by atoms with Gasteiger partial charge in [0.1, 0.15) is 6.04 Å². The largest absolute Gasteiger partial charge is 0.480 e. The Labute approximate surface area is 97.2 Å². The Balaban J connectivity index is 2.18. The maximum Gasteiger partial charge on any atom is 0.321 e. The van der Waals surface area contributed by atoms with Crippen molar-refractivity contribution < 1.29 is 19.5 Å². The number of amides is 2. The third-order valence-electron chi connectivity index (χ3n) is 2.23. The standard InChI is InChI=1S/C9H14N2O4S/c10-6(9(14)15)5-16-4-3-11-7(12)1-2-8(11)13/h6H,1-5,10H2,(H,14,15). The molecule has 0 aromatic heterocycles. The number of carbonyl (C=O) groups excluding carboxylic acids is 2. The van der Waals surface area contributed by atoms with Crippen molar-refractivity contribution in [1.82, 2.24) is 4.90 Å². The topological polar surface area (TPSA) is 101 Å². The van der Waals surface area contributed by atoms with Gasteiger partial charge in [0, 0.05) is 30.9 Å². The molecule has 0 saturated carbocycles. The Hall–Kier alpha value is -1.08. The van der Waals surface area contributed by atoms with Crippen molar-refractivity contribution in [3.63, 3.8) is 0 Å². The van der Waals surface area contributed by atoms with Gasteiger partial charge in [-0.2, -0.15) is 11.8 Å². The Kier molecular flexibility index (Phi) is 4.75. The van der Waals surface area contributed by atoms with Gasteiger partial charge in [-0.05, 0) is 0 Å². The third-order valence-corrected chi connectivity index (χ3v) is 3.29. The van der Waals surface area contributed by atoms with Crippen LogP contribution in [0.4, 0.5) is 0 Å². The van der Waals surface area contributed by atoms with E-state index >= 15 is 0 Å². The molecule has 90 valence electrons. The van der Waals surface area contributed by atoms with Crippen LogP contribution in [-0.2, 0) is 14.4 Å². The van der Waals surface area contributed by atoms with Crippen molar-refractivity contribution in [2.24, 2.45) is 5.73 Å². The molecule has 1 aliphatic rings. The molecule has 1 saturated heterocycles. The second-order valence-electron chi connectivity index (χ2n) is 3.46. The Morgan fingerprint density at radius 2 is 2.00 bits per heavy atom. The second kappa shape index (κ2) is 5.86. The molecule has 1 unspecified atom stereocenters. The number of nitrogens with two attached hydrogens (primary N) is 1. The Morgan fingerprint density at radius 1 is 1.44 bits per heavy atom. The first-order chi connectivity index (χ1) is 7.52. The van der Waals surface area contributed by atoms with Crippen LogP contribution in [0.25, 0.3) is 0 Å². The lowest BCUT2D eigenvalue weighted by atomic mass is 10.4. The van der Waals surface area contributed by atoms with E-state index in [9.17, 15) is 14.4 Å². The summed E-state index contributed by atoms with van der Waals surface area (Å²) in [6, 6.07) is -0.894. The normalized spacial score (nSPS) is 17.9. The lowest BCUT2D eigenvalue weighted by Gasteiger charge is -2.13. The van der Waals surface area contributed by atoms with Gasteiger partial charge in [0.05, 0.1) is 0 Å². The van der Waals surface area contributed by atoms with Gasteiger partial charge in [0.25, 0.3) is 0 Å². The molecule has 1 fully saturated rings. The van der Waals surface area contributed by atoms with Crippen LogP contribution in [0.2, 0.25) is 0 Å². The van der Waals surface area contributed by atoms with Crippen molar-refractivity contribution in [2.75, 3.05) is 18.1 Å². The summed E-state index contributed by atoms with van der Waals surface area (Å²) in [4.78, 5) is 34.0. The molecular formula is C9H14N2O4S. The zero-order chi connectivity index (χ0) is 12.1. The number of nitrogens with zero attached hydrogens (tertiary/aromatic N) is 1. The molecule has 0 aromatic rings. The van der Waals surface area contributed by atoms with E-state index in [1.807, 2.05) is 0 Å². The zero-order valence-corrected chi connectivity index (χ0v) is 9.53. The Bertz CT molecular complexity index is 292. The number of hydrogen-bond donors (Lipinski definition) is 2. The van der Waals surface area contributed by atoms with E-state index in [2.05, 4.69) is 0 Å². The predicted molar refractivity (Wildman–Crippen MR) is 58.9 cm³/mol. The van der Waals surface area contributed by atoms with E-state index in [1.165, 1.54) is 16.7 Å². The van der Waals surface area contributed by atoms with E-state index < -0.39 is 12.0 Å². The SMILES string of the molecule is NC(CSCCN1C(=O)CCC1=O)C(=O)O. The summed E-state index contributed by atoms with van der Waals surface area (Å²) in [5.74, 6) is -0.522. The number of imide groups is 1. The van der Waals surface area contributed by atoms with Crippen LogP contribution in [0.3, 0.4) is 0 Å². The molecule has 1 atom stereocenters. The molecule has 7 heteroatoms. The average Bonchev–Trinajstić information content (AvgIpc) is 2.54. The highest BCUT2D eigenvalue weighted by Gasteiger charge is 2.28. The van der Waals surface area contributed by atoms with E-state index in [-0.39, 0.29) is 30.4 Å². The molecule has 0 bridgehead atoms. The number of carbonyl (C=O) groups is 3. The monoisotopic (exact) mass is 246 g/mol. The van der Waals surface area contributed by atoms with E-state index in [0.29, 0.717) is 12.3 Å². The van der Waals surface area contributed by atoms with Gasteiger partial charge in [-0.15, -0.1) is 0 Å². The number of rotatable bonds is 6. The molecular weight excluding hydrogens is 232 g/mol. The van der Waals surface area contributed by atoms with E-state index in [0.717, 1.165) is 0 Å². The van der Waals surface area contributed by atoms with Crippen molar-refractivity contribution >= 4 is 29.5 Å². The quantitative estimate of drug-likeness (QED) is 0.474. The van der Waals surface area contributed by atoms with Gasteiger partial charge in [-0.1, -0.05) is 0 Å². The lowest BCUT2D eigenvalue weighted by molar-refractivity contribution is -0.139. The molecule has 0 aromatic carbocycles. The minimum absolute atomic E-state index is 0.145. The Morgan fingerprint density at radius 3 is 2.50 bits per heavy atom. The summed E-state index contributed by atoms with van der Waals surface area (Å²) in [5, 5.41) is 8.52. The van der Waals surface area contributed by atoms with Gasteiger partial charge in [0.2, 0.25) is 11.8 Å². The van der Waals surface area contributed by atoms with Gasteiger partial charge in [-0.25, -0.2) is 0 Å². The van der Waals surface area contributed by atoms with Gasteiger partial charge < -0.3 is 10.8 Å². The fourth-order valence-corrected chi connectivity index (χ4v) is 2.18. The molecule has 1 rings (SSSR count). The highest BCUT2D eigenvalue weighted by Crippen LogP contribution is 2.12. The minimum atomic E-state index is -1.04. The van der Waals surface area contributed by atoms with E-state index in [4.69, 9.17) is 10.8 Å². The van der Waals surface area contributed by atoms with Gasteiger partial charge >= 0.3 is 5.97 Å². The first kappa shape index (κ1) is 13.0. The van der Waals surface area contributed by atoms with Crippen molar-refractivity contribution in [1.29, 1.82) is 0 Å². The van der Waals surface area contributed by atoms with Crippen LogP contribution >= 0.6 is 11.8 Å². The van der Waals surface area contributed by atoms with Crippen LogP contribution in [0.15, 0.2) is 0 Å². The predicted octanol–water partition coefficient (Wildman–Crippen LogP) is -0.720. The molecule has 1 aliphatic heterocycles. The van der Waals surface area contributed by atoms with Crippen LogP contribution in [0, 0.1) is 0 Å². The van der Waals surface area contributed by atoms with Crippen LogP contribution in [0.1, 0.15) is 12.8 Å². The molecule has 2 amide bonds. The third kappa shape index (κ3) is 3.49. The molecule has 0 radical (unpaired) electrons. The van der Waals surface area contributed by atoms with Crippen LogP contribution in [0.5, 0.6) is 0 Å². The summed E-state index contributed by atoms with van der Waals surface area (Å²) in [6.07, 6.45) is 0.580. The van der Waals surface area contributed by atoms with Crippen molar-refractivity contribution in [3.05, 3.63) is 0 Å². The fourth-order valence-electron chi connectivity index (χ4n) is 1.31. The van der Waals surface area contributed by atoms with Crippen LogP contribution in [-0.4, -0.2) is 51.9 Å². The smallest absolute Gasteiger partial charge is 0.321 e. The number of thioether (sulfide) groups is 1. The molecule has 6 nitrogen and oxygen atoms in total. The zero-order valence-electron chi connectivity index (χ0n) is 8.72. The number of hydrogen-bond acceptors (Lipinski definition) is 5. The van der Waals surface area contributed by atoms with Crippen LogP contribution < -0.4 is 5.73 Å².